The van der Waals surface area contributed by atoms with Crippen LogP contribution in [0.15, 0.2) is 48.7 Å². The molecule has 1 aromatic carbocycles. The Labute approximate surface area is 144 Å². The minimum Gasteiger partial charge on any atom is -0.300 e. The molecule has 0 unspecified atom stereocenters. The first kappa shape index (κ1) is 17.0. The lowest BCUT2D eigenvalue weighted by Gasteiger charge is -2.08. The second kappa shape index (κ2) is 6.98. The van der Waals surface area contributed by atoms with Crippen LogP contribution in [-0.4, -0.2) is 20.2 Å². The summed E-state index contributed by atoms with van der Waals surface area (Å²) in [5.41, 5.74) is 0.0464. The molecule has 0 spiro atoms. The highest BCUT2D eigenvalue weighted by atomic mass is 32.1. The average molecular weight is 364 g/mol. The van der Waals surface area contributed by atoms with E-state index in [4.69, 9.17) is 0 Å². The van der Waals surface area contributed by atoms with Gasteiger partial charge in [0.25, 0.3) is 0 Å². The van der Waals surface area contributed by atoms with Crippen molar-refractivity contribution in [2.45, 2.75) is 12.6 Å². The van der Waals surface area contributed by atoms with Crippen LogP contribution in [0.4, 0.5) is 18.3 Å². The van der Waals surface area contributed by atoms with Crippen molar-refractivity contribution in [3.63, 3.8) is 0 Å². The van der Waals surface area contributed by atoms with Crippen molar-refractivity contribution in [3.8, 4) is 11.5 Å². The maximum Gasteiger partial charge on any atom is 0.416 e. The van der Waals surface area contributed by atoms with Crippen molar-refractivity contribution in [1.29, 1.82) is 0 Å². The van der Waals surface area contributed by atoms with Crippen LogP contribution in [0.5, 0.6) is 0 Å². The number of carbonyl (C=O) groups is 1. The van der Waals surface area contributed by atoms with Crippen molar-refractivity contribution < 1.29 is 18.0 Å². The maximum atomic E-state index is 12.7. The van der Waals surface area contributed by atoms with Crippen LogP contribution in [-0.2, 0) is 17.4 Å². The topological polar surface area (TPSA) is 67.8 Å². The number of nitrogens with zero attached hydrogens (tertiary/aromatic N) is 3. The normalized spacial score (nSPS) is 11.3. The van der Waals surface area contributed by atoms with Gasteiger partial charge in [-0.25, -0.2) is 0 Å². The molecule has 0 fully saturated rings. The zero-order valence-electron chi connectivity index (χ0n) is 12.6. The number of nitrogens with one attached hydrogen (secondary N) is 1. The maximum absolute atomic E-state index is 12.7. The van der Waals surface area contributed by atoms with Gasteiger partial charge in [-0.05, 0) is 23.8 Å². The highest BCUT2D eigenvalue weighted by Crippen LogP contribution is 2.29. The molecule has 0 aliphatic heterocycles. The van der Waals surface area contributed by atoms with E-state index in [1.54, 1.807) is 24.4 Å². The van der Waals surface area contributed by atoms with Crippen LogP contribution < -0.4 is 5.32 Å². The number of pyridine rings is 1. The molecule has 0 saturated heterocycles. The molecule has 3 rings (SSSR count). The molecule has 1 amide bonds. The summed E-state index contributed by atoms with van der Waals surface area (Å²) >= 11 is 0.978. The van der Waals surface area contributed by atoms with Crippen molar-refractivity contribution in [3.05, 3.63) is 59.8 Å². The number of alkyl halides is 3. The average Bonchev–Trinajstić information content (AvgIpc) is 3.03. The number of anilines is 1. The van der Waals surface area contributed by atoms with E-state index in [0.29, 0.717) is 11.5 Å². The molecular formula is C16H11F3N4OS. The fraction of sp³-hybridized carbons (Fsp3) is 0.125. The first-order valence-electron chi connectivity index (χ1n) is 7.13. The van der Waals surface area contributed by atoms with Gasteiger partial charge in [0.05, 0.1) is 12.0 Å². The summed E-state index contributed by atoms with van der Waals surface area (Å²) < 4.78 is 42.2. The summed E-state index contributed by atoms with van der Waals surface area (Å²) in [5, 5.41) is 2.80. The van der Waals surface area contributed by atoms with Crippen LogP contribution in [0.2, 0.25) is 0 Å². The van der Waals surface area contributed by atoms with Crippen LogP contribution in [0.1, 0.15) is 11.1 Å². The lowest BCUT2D eigenvalue weighted by atomic mass is 10.1. The van der Waals surface area contributed by atoms with E-state index in [2.05, 4.69) is 19.7 Å². The molecule has 0 saturated carbocycles. The molecule has 25 heavy (non-hydrogen) atoms. The predicted molar refractivity (Wildman–Crippen MR) is 86.9 cm³/mol. The van der Waals surface area contributed by atoms with Crippen molar-refractivity contribution in [2.75, 3.05) is 5.32 Å². The Morgan fingerprint density at radius 1 is 1.16 bits per heavy atom. The van der Waals surface area contributed by atoms with Gasteiger partial charge < -0.3 is 5.32 Å². The Morgan fingerprint density at radius 2 is 2.00 bits per heavy atom. The molecular weight excluding hydrogens is 353 g/mol. The molecule has 2 heterocycles. The van der Waals surface area contributed by atoms with Crippen LogP contribution in [0.25, 0.3) is 11.5 Å². The van der Waals surface area contributed by atoms with Crippen molar-refractivity contribution >= 4 is 22.6 Å². The summed E-state index contributed by atoms with van der Waals surface area (Å²) in [5.74, 6) is -0.0944. The van der Waals surface area contributed by atoms with Gasteiger partial charge in [0, 0.05) is 17.7 Å². The van der Waals surface area contributed by atoms with Gasteiger partial charge in [0.1, 0.15) is 5.69 Å². The lowest BCUT2D eigenvalue weighted by Crippen LogP contribution is -2.15. The third-order valence-electron chi connectivity index (χ3n) is 3.19. The molecule has 0 radical (unpaired) electrons. The number of amides is 1. The van der Waals surface area contributed by atoms with Crippen LogP contribution >= 0.6 is 11.5 Å². The number of benzene rings is 1. The Hall–Kier alpha value is -2.81. The number of aromatic nitrogens is 3. The third-order valence-corrected chi connectivity index (χ3v) is 3.82. The predicted octanol–water partition coefficient (Wildman–Crippen LogP) is 3.80. The molecule has 128 valence electrons. The Kier molecular flexibility index (Phi) is 4.75. The van der Waals surface area contributed by atoms with Gasteiger partial charge in [0.2, 0.25) is 11.0 Å². The van der Waals surface area contributed by atoms with E-state index in [-0.39, 0.29) is 17.1 Å². The van der Waals surface area contributed by atoms with E-state index < -0.39 is 17.6 Å². The molecule has 3 aromatic rings. The van der Waals surface area contributed by atoms with Gasteiger partial charge in [-0.2, -0.15) is 22.5 Å². The number of rotatable bonds is 4. The minimum absolute atomic E-state index is 0.192. The number of hydrogen-bond donors (Lipinski definition) is 1. The third kappa shape index (κ3) is 4.38. The molecule has 5 nitrogen and oxygen atoms in total. The molecule has 0 aliphatic rings. The van der Waals surface area contributed by atoms with E-state index in [1.807, 2.05) is 0 Å². The smallest absolute Gasteiger partial charge is 0.300 e. The fourth-order valence-corrected chi connectivity index (χ4v) is 2.67. The van der Waals surface area contributed by atoms with Crippen LogP contribution in [0, 0.1) is 0 Å². The molecule has 0 bridgehead atoms. The number of hydrogen-bond acceptors (Lipinski definition) is 5. The standard InChI is InChI=1S/C16H11F3N4OS/c17-16(18,19)11-5-3-4-10(8-11)9-13(24)21-15-22-14(23-25-15)12-6-1-2-7-20-12/h1-8H,9H2,(H,21,22,23,24). The number of halogens is 3. The Balaban J connectivity index is 1.67. The van der Waals surface area contributed by atoms with E-state index in [9.17, 15) is 18.0 Å². The monoisotopic (exact) mass is 364 g/mol. The lowest BCUT2D eigenvalue weighted by molar-refractivity contribution is -0.137. The van der Waals surface area contributed by atoms with Gasteiger partial charge in [-0.15, -0.1) is 0 Å². The fourth-order valence-electron chi connectivity index (χ4n) is 2.08. The Morgan fingerprint density at radius 3 is 2.72 bits per heavy atom. The summed E-state index contributed by atoms with van der Waals surface area (Å²) in [6.07, 6.45) is -3.03. The molecule has 2 aromatic heterocycles. The van der Waals surface area contributed by atoms with Gasteiger partial charge in [-0.3, -0.25) is 9.78 Å². The molecule has 1 N–H and O–H groups in total. The molecule has 0 aliphatic carbocycles. The van der Waals surface area contributed by atoms with E-state index >= 15 is 0 Å². The van der Waals surface area contributed by atoms with Gasteiger partial charge in [0.15, 0.2) is 5.82 Å². The first-order chi connectivity index (χ1) is 11.9. The second-order valence-corrected chi connectivity index (χ2v) is 5.81. The van der Waals surface area contributed by atoms with Crippen molar-refractivity contribution in [1.82, 2.24) is 14.3 Å². The molecule has 0 atom stereocenters. The van der Waals surface area contributed by atoms with E-state index in [0.717, 1.165) is 23.7 Å². The van der Waals surface area contributed by atoms with Crippen LogP contribution in [0.3, 0.4) is 0 Å². The van der Waals surface area contributed by atoms with Crippen molar-refractivity contribution in [2.24, 2.45) is 0 Å². The summed E-state index contributed by atoms with van der Waals surface area (Å²) in [6, 6.07) is 9.94. The highest BCUT2D eigenvalue weighted by molar-refractivity contribution is 7.10. The zero-order chi connectivity index (χ0) is 17.9. The largest absolute Gasteiger partial charge is 0.416 e. The SMILES string of the molecule is O=C(Cc1cccc(C(F)(F)F)c1)Nc1nc(-c2ccccn2)ns1. The quantitative estimate of drug-likeness (QED) is 0.765. The van der Waals surface area contributed by atoms with Gasteiger partial charge >= 0.3 is 6.18 Å². The molecule has 9 heteroatoms. The second-order valence-electron chi connectivity index (χ2n) is 5.06. The summed E-state index contributed by atoms with van der Waals surface area (Å²) in [4.78, 5) is 20.3. The Bertz CT molecular complexity index is 880. The summed E-state index contributed by atoms with van der Waals surface area (Å²) in [7, 11) is 0. The number of carbonyl (C=O) groups excluding carboxylic acids is 1. The minimum atomic E-state index is -4.44. The van der Waals surface area contributed by atoms with E-state index in [1.165, 1.54) is 12.1 Å². The first-order valence-corrected chi connectivity index (χ1v) is 7.90. The van der Waals surface area contributed by atoms with Gasteiger partial charge in [-0.1, -0.05) is 24.3 Å². The summed E-state index contributed by atoms with van der Waals surface area (Å²) in [6.45, 7) is 0. The highest BCUT2D eigenvalue weighted by Gasteiger charge is 2.30. The zero-order valence-corrected chi connectivity index (χ0v) is 13.4.